The SMILES string of the molecule is Cc1sc2nc(-n3cncn3)nc(NCCc3ccc4c(c3)OCO4)c2c1C. The average molecular weight is 394 g/mol. The minimum absolute atomic E-state index is 0.289. The lowest BCUT2D eigenvalue weighted by molar-refractivity contribution is 0.174. The molecular weight excluding hydrogens is 376 g/mol. The number of benzene rings is 1. The van der Waals surface area contributed by atoms with Crippen molar-refractivity contribution in [3.8, 4) is 17.4 Å². The van der Waals surface area contributed by atoms with Crippen molar-refractivity contribution >= 4 is 27.4 Å². The fourth-order valence-electron chi connectivity index (χ4n) is 3.20. The summed E-state index contributed by atoms with van der Waals surface area (Å²) in [6.45, 7) is 5.23. The molecule has 4 aromatic rings. The highest BCUT2D eigenvalue weighted by molar-refractivity contribution is 7.18. The zero-order valence-corrected chi connectivity index (χ0v) is 16.3. The maximum atomic E-state index is 5.46. The van der Waals surface area contributed by atoms with Crippen molar-refractivity contribution in [3.05, 3.63) is 46.9 Å². The molecular formula is C19H18N6O2S. The van der Waals surface area contributed by atoms with Gasteiger partial charge in [0.1, 0.15) is 23.3 Å². The highest BCUT2D eigenvalue weighted by atomic mass is 32.1. The van der Waals surface area contributed by atoms with Gasteiger partial charge in [-0.15, -0.1) is 11.3 Å². The number of anilines is 1. The molecule has 5 rings (SSSR count). The number of hydrogen-bond donors (Lipinski definition) is 1. The van der Waals surface area contributed by atoms with Crippen LogP contribution >= 0.6 is 11.3 Å². The molecule has 8 nitrogen and oxygen atoms in total. The van der Waals surface area contributed by atoms with E-state index in [4.69, 9.17) is 14.5 Å². The molecule has 0 bridgehead atoms. The van der Waals surface area contributed by atoms with Gasteiger partial charge in [0.05, 0.1) is 5.39 Å². The first-order valence-electron chi connectivity index (χ1n) is 8.94. The van der Waals surface area contributed by atoms with Crippen molar-refractivity contribution in [2.45, 2.75) is 20.3 Å². The van der Waals surface area contributed by atoms with Crippen molar-refractivity contribution in [1.82, 2.24) is 24.7 Å². The van der Waals surface area contributed by atoms with E-state index in [0.29, 0.717) is 5.95 Å². The quantitative estimate of drug-likeness (QED) is 0.556. The summed E-state index contributed by atoms with van der Waals surface area (Å²) in [7, 11) is 0. The Morgan fingerprint density at radius 3 is 2.93 bits per heavy atom. The standard InChI is InChI=1S/C19H18N6O2S/c1-11-12(2)28-18-16(11)17(23-19(24-18)25-9-20-8-22-25)21-6-5-13-3-4-14-15(7-13)27-10-26-14/h3-4,7-9H,5-6,10H2,1-2H3,(H,21,23,24). The predicted molar refractivity (Wildman–Crippen MR) is 107 cm³/mol. The van der Waals surface area contributed by atoms with Crippen LogP contribution in [0.4, 0.5) is 5.82 Å². The van der Waals surface area contributed by atoms with E-state index < -0.39 is 0 Å². The fraction of sp³-hybridized carbons (Fsp3) is 0.263. The van der Waals surface area contributed by atoms with E-state index >= 15 is 0 Å². The number of nitrogens with one attached hydrogen (secondary N) is 1. The molecule has 0 aliphatic carbocycles. The van der Waals surface area contributed by atoms with Crippen LogP contribution in [-0.4, -0.2) is 38.1 Å². The number of fused-ring (bicyclic) bond motifs is 2. The van der Waals surface area contributed by atoms with Crippen molar-refractivity contribution in [1.29, 1.82) is 0 Å². The zero-order chi connectivity index (χ0) is 19.1. The van der Waals surface area contributed by atoms with Gasteiger partial charge in [0.2, 0.25) is 6.79 Å². The molecule has 1 aliphatic heterocycles. The van der Waals surface area contributed by atoms with E-state index in [-0.39, 0.29) is 6.79 Å². The number of aryl methyl sites for hydroxylation is 2. The monoisotopic (exact) mass is 394 g/mol. The first-order chi connectivity index (χ1) is 13.7. The Morgan fingerprint density at radius 2 is 2.07 bits per heavy atom. The molecule has 0 saturated heterocycles. The van der Waals surface area contributed by atoms with Crippen molar-refractivity contribution < 1.29 is 9.47 Å². The second-order valence-corrected chi connectivity index (χ2v) is 7.74. The molecule has 0 saturated carbocycles. The van der Waals surface area contributed by atoms with Crippen molar-refractivity contribution in [2.24, 2.45) is 0 Å². The molecule has 0 unspecified atom stereocenters. The van der Waals surface area contributed by atoms with E-state index in [2.05, 4.69) is 40.3 Å². The molecule has 1 aliphatic rings. The van der Waals surface area contributed by atoms with E-state index in [1.54, 1.807) is 22.3 Å². The molecule has 4 heterocycles. The minimum atomic E-state index is 0.289. The highest BCUT2D eigenvalue weighted by Crippen LogP contribution is 2.34. The van der Waals surface area contributed by atoms with Crippen LogP contribution < -0.4 is 14.8 Å². The third kappa shape index (κ3) is 2.93. The Kier molecular flexibility index (Phi) is 4.09. The van der Waals surface area contributed by atoms with Crippen molar-refractivity contribution in [2.75, 3.05) is 18.7 Å². The number of rotatable bonds is 5. The first-order valence-corrected chi connectivity index (χ1v) is 9.76. The summed E-state index contributed by atoms with van der Waals surface area (Å²) in [6, 6.07) is 6.04. The molecule has 9 heteroatoms. The number of aromatic nitrogens is 5. The summed E-state index contributed by atoms with van der Waals surface area (Å²) in [6.07, 6.45) is 3.92. The van der Waals surface area contributed by atoms with E-state index in [9.17, 15) is 0 Å². The lowest BCUT2D eigenvalue weighted by Crippen LogP contribution is -2.10. The van der Waals surface area contributed by atoms with Gasteiger partial charge in [-0.3, -0.25) is 0 Å². The maximum Gasteiger partial charge on any atom is 0.255 e. The highest BCUT2D eigenvalue weighted by Gasteiger charge is 2.16. The third-order valence-corrected chi connectivity index (χ3v) is 5.88. The molecule has 1 aromatic carbocycles. The van der Waals surface area contributed by atoms with E-state index in [1.807, 2.05) is 12.1 Å². The smallest absolute Gasteiger partial charge is 0.255 e. The largest absolute Gasteiger partial charge is 0.454 e. The molecule has 1 N–H and O–H groups in total. The van der Waals surface area contributed by atoms with Crippen LogP contribution in [0.1, 0.15) is 16.0 Å². The van der Waals surface area contributed by atoms with Gasteiger partial charge in [0.25, 0.3) is 5.95 Å². The second-order valence-electron chi connectivity index (χ2n) is 6.54. The maximum absolute atomic E-state index is 5.46. The number of thiophene rings is 1. The molecule has 3 aromatic heterocycles. The third-order valence-electron chi connectivity index (χ3n) is 4.78. The van der Waals surface area contributed by atoms with Gasteiger partial charge >= 0.3 is 0 Å². The molecule has 0 amide bonds. The fourth-order valence-corrected chi connectivity index (χ4v) is 4.23. The van der Waals surface area contributed by atoms with Gasteiger partial charge < -0.3 is 14.8 Å². The van der Waals surface area contributed by atoms with Gasteiger partial charge in [0, 0.05) is 11.4 Å². The first kappa shape index (κ1) is 16.9. The predicted octanol–water partition coefficient (Wildman–Crippen LogP) is 3.27. The molecule has 0 radical (unpaired) electrons. The summed E-state index contributed by atoms with van der Waals surface area (Å²) in [5.74, 6) is 2.94. The number of hydrogen-bond acceptors (Lipinski definition) is 8. The van der Waals surface area contributed by atoms with Crippen LogP contribution in [0.15, 0.2) is 30.9 Å². The molecule has 142 valence electrons. The van der Waals surface area contributed by atoms with Gasteiger partial charge in [-0.25, -0.2) is 4.98 Å². The summed E-state index contributed by atoms with van der Waals surface area (Å²) in [5.41, 5.74) is 2.38. The number of nitrogens with zero attached hydrogens (tertiary/aromatic N) is 5. The Bertz CT molecular complexity index is 1160. The Hall–Kier alpha value is -3.20. The van der Waals surface area contributed by atoms with Crippen LogP contribution in [0.5, 0.6) is 11.5 Å². The zero-order valence-electron chi connectivity index (χ0n) is 15.5. The topological polar surface area (TPSA) is 87.0 Å². The lowest BCUT2D eigenvalue weighted by Gasteiger charge is -2.10. The van der Waals surface area contributed by atoms with Gasteiger partial charge in [-0.05, 0) is 43.5 Å². The lowest BCUT2D eigenvalue weighted by atomic mass is 10.1. The van der Waals surface area contributed by atoms with Crippen LogP contribution in [0.25, 0.3) is 16.2 Å². The number of ether oxygens (including phenoxy) is 2. The molecule has 0 fully saturated rings. The molecule has 0 atom stereocenters. The van der Waals surface area contributed by atoms with Crippen LogP contribution in [0.2, 0.25) is 0 Å². The van der Waals surface area contributed by atoms with Crippen LogP contribution in [0, 0.1) is 13.8 Å². The van der Waals surface area contributed by atoms with Gasteiger partial charge in [-0.1, -0.05) is 6.07 Å². The van der Waals surface area contributed by atoms with Gasteiger partial charge in [-0.2, -0.15) is 19.7 Å². The van der Waals surface area contributed by atoms with E-state index in [0.717, 1.165) is 40.5 Å². The normalized spacial score (nSPS) is 12.6. The van der Waals surface area contributed by atoms with Gasteiger partial charge in [0.15, 0.2) is 11.5 Å². The summed E-state index contributed by atoms with van der Waals surface area (Å²) in [5, 5.41) is 8.71. The average Bonchev–Trinajstić information content (AvgIpc) is 3.43. The second kappa shape index (κ2) is 6.75. The Morgan fingerprint density at radius 1 is 1.18 bits per heavy atom. The minimum Gasteiger partial charge on any atom is -0.454 e. The van der Waals surface area contributed by atoms with Crippen LogP contribution in [0.3, 0.4) is 0 Å². The van der Waals surface area contributed by atoms with Crippen LogP contribution in [-0.2, 0) is 6.42 Å². The Labute approximate surface area is 165 Å². The van der Waals surface area contributed by atoms with E-state index in [1.165, 1.54) is 22.3 Å². The summed E-state index contributed by atoms with van der Waals surface area (Å²) >= 11 is 1.66. The summed E-state index contributed by atoms with van der Waals surface area (Å²) in [4.78, 5) is 15.5. The molecule has 0 spiro atoms. The molecule has 28 heavy (non-hydrogen) atoms. The summed E-state index contributed by atoms with van der Waals surface area (Å²) < 4.78 is 12.4. The Balaban J connectivity index is 1.42. The van der Waals surface area contributed by atoms with Crippen molar-refractivity contribution in [3.63, 3.8) is 0 Å².